The molecule has 0 saturated carbocycles. The van der Waals surface area contributed by atoms with E-state index in [0.717, 1.165) is 5.56 Å². The maximum absolute atomic E-state index is 12.9. The van der Waals surface area contributed by atoms with Crippen molar-refractivity contribution in [3.8, 4) is 0 Å². The Morgan fingerprint density at radius 1 is 1.20 bits per heavy atom. The van der Waals surface area contributed by atoms with Gasteiger partial charge in [-0.25, -0.2) is 4.39 Å². The van der Waals surface area contributed by atoms with Crippen LogP contribution in [-0.4, -0.2) is 9.78 Å². The molecule has 0 radical (unpaired) electrons. The molecule has 4 heteroatoms. The molecule has 1 atom stereocenters. The summed E-state index contributed by atoms with van der Waals surface area (Å²) < 4.78 is 14.9. The summed E-state index contributed by atoms with van der Waals surface area (Å²) in [5.41, 5.74) is 3.48. The van der Waals surface area contributed by atoms with Crippen LogP contribution in [0.1, 0.15) is 49.7 Å². The van der Waals surface area contributed by atoms with Gasteiger partial charge in [-0.05, 0) is 45.4 Å². The molecule has 3 nitrogen and oxygen atoms in total. The van der Waals surface area contributed by atoms with Gasteiger partial charge in [0.05, 0.1) is 6.20 Å². The molecule has 0 unspecified atom stereocenters. The number of nitrogens with zero attached hydrogens (tertiary/aromatic N) is 2. The second-order valence-electron chi connectivity index (χ2n) is 5.45. The molecule has 1 N–H and O–H groups in total. The van der Waals surface area contributed by atoms with Gasteiger partial charge in [-0.2, -0.15) is 5.10 Å². The number of hydrogen-bond donors (Lipinski definition) is 1. The van der Waals surface area contributed by atoms with Gasteiger partial charge in [-0.3, -0.25) is 4.68 Å². The Hall–Kier alpha value is -1.68. The largest absolute Gasteiger partial charge is 0.306 e. The molecule has 0 bridgehead atoms. The van der Waals surface area contributed by atoms with E-state index in [-0.39, 0.29) is 11.9 Å². The summed E-state index contributed by atoms with van der Waals surface area (Å²) in [5.74, 6) is -0.198. The Labute approximate surface area is 119 Å². The first-order chi connectivity index (χ1) is 9.49. The van der Waals surface area contributed by atoms with Crippen LogP contribution in [0.4, 0.5) is 4.39 Å². The third-order valence-electron chi connectivity index (χ3n) is 3.56. The second-order valence-corrected chi connectivity index (χ2v) is 5.45. The highest BCUT2D eigenvalue weighted by Crippen LogP contribution is 2.20. The highest BCUT2D eigenvalue weighted by atomic mass is 19.1. The van der Waals surface area contributed by atoms with Crippen molar-refractivity contribution in [2.75, 3.05) is 0 Å². The van der Waals surface area contributed by atoms with Crippen molar-refractivity contribution in [1.29, 1.82) is 0 Å². The number of benzene rings is 1. The molecule has 0 amide bonds. The molecule has 2 rings (SSSR count). The average molecular weight is 275 g/mol. The van der Waals surface area contributed by atoms with Gasteiger partial charge in [0.1, 0.15) is 5.82 Å². The summed E-state index contributed by atoms with van der Waals surface area (Å²) >= 11 is 0. The lowest BCUT2D eigenvalue weighted by Crippen LogP contribution is -2.19. The van der Waals surface area contributed by atoms with E-state index in [4.69, 9.17) is 0 Å². The topological polar surface area (TPSA) is 29.9 Å². The summed E-state index contributed by atoms with van der Waals surface area (Å²) in [7, 11) is 0. The van der Waals surface area contributed by atoms with Crippen LogP contribution >= 0.6 is 0 Å². The smallest absolute Gasteiger partial charge is 0.123 e. The molecule has 108 valence electrons. The lowest BCUT2D eigenvalue weighted by atomic mass is 10.1. The number of nitrogens with one attached hydrogen (secondary N) is 1. The fourth-order valence-corrected chi connectivity index (χ4v) is 2.37. The van der Waals surface area contributed by atoms with Crippen molar-refractivity contribution in [3.05, 3.63) is 53.1 Å². The van der Waals surface area contributed by atoms with Gasteiger partial charge < -0.3 is 5.32 Å². The molecule has 0 aliphatic heterocycles. The fraction of sp³-hybridized carbons (Fsp3) is 0.438. The molecule has 1 aromatic heterocycles. The van der Waals surface area contributed by atoms with Crippen molar-refractivity contribution in [2.24, 2.45) is 0 Å². The molecule has 1 aromatic carbocycles. The van der Waals surface area contributed by atoms with Crippen LogP contribution in [0.15, 0.2) is 30.5 Å². The second kappa shape index (κ2) is 6.18. The van der Waals surface area contributed by atoms with E-state index >= 15 is 0 Å². The van der Waals surface area contributed by atoms with E-state index in [1.54, 1.807) is 12.1 Å². The SMILES string of the molecule is Cc1c([C@@H](C)NCc2ccc(F)cc2)cnn1C(C)C. The first kappa shape index (κ1) is 14.7. The summed E-state index contributed by atoms with van der Waals surface area (Å²) in [6.07, 6.45) is 1.93. The Bertz CT molecular complexity index is 558. The Morgan fingerprint density at radius 2 is 1.85 bits per heavy atom. The number of rotatable bonds is 5. The zero-order valence-corrected chi connectivity index (χ0v) is 12.5. The van der Waals surface area contributed by atoms with Gasteiger partial charge in [0.2, 0.25) is 0 Å². The molecule has 0 fully saturated rings. The summed E-state index contributed by atoms with van der Waals surface area (Å²) in [6.45, 7) is 9.19. The maximum atomic E-state index is 12.9. The molecule has 0 saturated heterocycles. The molecule has 0 aliphatic carbocycles. The van der Waals surface area contributed by atoms with Crippen LogP contribution in [0.2, 0.25) is 0 Å². The average Bonchev–Trinajstić information content (AvgIpc) is 2.80. The van der Waals surface area contributed by atoms with Gasteiger partial charge >= 0.3 is 0 Å². The van der Waals surface area contributed by atoms with Gasteiger partial charge in [0, 0.05) is 29.9 Å². The van der Waals surface area contributed by atoms with Crippen LogP contribution in [0.3, 0.4) is 0 Å². The van der Waals surface area contributed by atoms with E-state index < -0.39 is 0 Å². The lowest BCUT2D eigenvalue weighted by molar-refractivity contribution is 0.513. The first-order valence-corrected chi connectivity index (χ1v) is 7.01. The number of aromatic nitrogens is 2. The van der Waals surface area contributed by atoms with Crippen molar-refractivity contribution in [1.82, 2.24) is 15.1 Å². The predicted octanol–water partition coefficient (Wildman–Crippen LogP) is 3.76. The third kappa shape index (κ3) is 3.25. The van der Waals surface area contributed by atoms with E-state index in [9.17, 15) is 4.39 Å². The van der Waals surface area contributed by atoms with Gasteiger partial charge in [-0.1, -0.05) is 12.1 Å². The number of hydrogen-bond acceptors (Lipinski definition) is 2. The predicted molar refractivity (Wildman–Crippen MR) is 79.0 cm³/mol. The minimum Gasteiger partial charge on any atom is -0.306 e. The lowest BCUT2D eigenvalue weighted by Gasteiger charge is -2.15. The zero-order valence-electron chi connectivity index (χ0n) is 12.5. The summed E-state index contributed by atoms with van der Waals surface area (Å²) in [5, 5.41) is 7.88. The fourth-order valence-electron chi connectivity index (χ4n) is 2.37. The normalized spacial score (nSPS) is 12.9. The molecule has 1 heterocycles. The number of halogens is 1. The Balaban J connectivity index is 2.01. The monoisotopic (exact) mass is 275 g/mol. The van der Waals surface area contributed by atoms with Crippen molar-refractivity contribution >= 4 is 0 Å². The van der Waals surface area contributed by atoms with Crippen LogP contribution in [0.5, 0.6) is 0 Å². The third-order valence-corrected chi connectivity index (χ3v) is 3.56. The highest BCUT2D eigenvalue weighted by Gasteiger charge is 2.14. The molecule has 0 spiro atoms. The van der Waals surface area contributed by atoms with Crippen LogP contribution < -0.4 is 5.32 Å². The van der Waals surface area contributed by atoms with Crippen LogP contribution in [0, 0.1) is 12.7 Å². The minimum atomic E-state index is -0.198. The molecule has 20 heavy (non-hydrogen) atoms. The summed E-state index contributed by atoms with van der Waals surface area (Å²) in [4.78, 5) is 0. The van der Waals surface area contributed by atoms with Crippen molar-refractivity contribution in [3.63, 3.8) is 0 Å². The van der Waals surface area contributed by atoms with Gasteiger partial charge in [-0.15, -0.1) is 0 Å². The van der Waals surface area contributed by atoms with Crippen molar-refractivity contribution < 1.29 is 4.39 Å². The van der Waals surface area contributed by atoms with Crippen LogP contribution in [-0.2, 0) is 6.54 Å². The Kier molecular flexibility index (Phi) is 4.55. The molecular formula is C16H22FN3. The maximum Gasteiger partial charge on any atom is 0.123 e. The van der Waals surface area contributed by atoms with Gasteiger partial charge in [0.15, 0.2) is 0 Å². The Morgan fingerprint density at radius 3 is 2.40 bits per heavy atom. The standard InChI is InChI=1S/C16H22FN3/c1-11(2)20-13(4)16(10-19-20)12(3)18-9-14-5-7-15(17)8-6-14/h5-8,10-12,18H,9H2,1-4H3/t12-/m1/s1. The minimum absolute atomic E-state index is 0.198. The van der Waals surface area contributed by atoms with Gasteiger partial charge in [0.25, 0.3) is 0 Å². The highest BCUT2D eigenvalue weighted by molar-refractivity contribution is 5.21. The molecular weight excluding hydrogens is 253 g/mol. The first-order valence-electron chi connectivity index (χ1n) is 7.01. The van der Waals surface area contributed by atoms with E-state index in [2.05, 4.69) is 38.1 Å². The van der Waals surface area contributed by atoms with E-state index in [0.29, 0.717) is 12.6 Å². The van der Waals surface area contributed by atoms with E-state index in [1.807, 2.05) is 10.9 Å². The van der Waals surface area contributed by atoms with Crippen LogP contribution in [0.25, 0.3) is 0 Å². The summed E-state index contributed by atoms with van der Waals surface area (Å²) in [6, 6.07) is 7.17. The molecule has 0 aliphatic rings. The zero-order chi connectivity index (χ0) is 14.7. The van der Waals surface area contributed by atoms with Crippen molar-refractivity contribution in [2.45, 2.75) is 46.3 Å². The molecule has 2 aromatic rings. The quantitative estimate of drug-likeness (QED) is 0.900. The van der Waals surface area contributed by atoms with E-state index in [1.165, 1.54) is 23.4 Å².